The summed E-state index contributed by atoms with van der Waals surface area (Å²) in [6.07, 6.45) is 1.83. The van der Waals surface area contributed by atoms with E-state index in [1.165, 1.54) is 23.1 Å². The van der Waals surface area contributed by atoms with Gasteiger partial charge in [-0.25, -0.2) is 4.98 Å². The number of aromatic nitrogens is 1. The lowest BCUT2D eigenvalue weighted by atomic mass is 9.97. The molecule has 1 aromatic carbocycles. The Balaban J connectivity index is 1.58. The molecule has 1 saturated heterocycles. The van der Waals surface area contributed by atoms with Crippen LogP contribution in [0.2, 0.25) is 0 Å². The summed E-state index contributed by atoms with van der Waals surface area (Å²) in [5.41, 5.74) is 3.60. The second-order valence-electron chi connectivity index (χ2n) is 6.23. The molecule has 0 radical (unpaired) electrons. The van der Waals surface area contributed by atoms with Crippen molar-refractivity contribution in [2.75, 3.05) is 20.2 Å². The number of piperidine rings is 1. The first kappa shape index (κ1) is 16.1. The molecule has 3 rings (SSSR count). The predicted molar refractivity (Wildman–Crippen MR) is 91.4 cm³/mol. The minimum atomic E-state index is -0.0561. The molecule has 1 aliphatic heterocycles. The summed E-state index contributed by atoms with van der Waals surface area (Å²) in [6.45, 7) is 5.06. The fourth-order valence-corrected chi connectivity index (χ4v) is 3.90. The number of esters is 1. The van der Waals surface area contributed by atoms with Gasteiger partial charge >= 0.3 is 5.97 Å². The third-order valence-corrected chi connectivity index (χ3v) is 5.45. The standard InChI is InChI=1S/C18H22N2O2S/c1-13-3-5-14(6-4-13)17-19-16(12-23-17)11-20-9-7-15(8-10-20)18(21)22-2/h3-6,12,15H,7-11H2,1-2H3/p+1. The lowest BCUT2D eigenvalue weighted by molar-refractivity contribution is -0.919. The molecule has 5 heteroatoms. The van der Waals surface area contributed by atoms with Gasteiger partial charge in [-0.15, -0.1) is 11.3 Å². The molecule has 2 heterocycles. The summed E-state index contributed by atoms with van der Waals surface area (Å²) in [7, 11) is 1.48. The van der Waals surface area contributed by atoms with Gasteiger partial charge in [0, 0.05) is 23.8 Å². The number of methoxy groups -OCH3 is 1. The molecule has 4 nitrogen and oxygen atoms in total. The molecule has 2 aromatic rings. The highest BCUT2D eigenvalue weighted by molar-refractivity contribution is 7.13. The molecule has 0 atom stereocenters. The second-order valence-corrected chi connectivity index (χ2v) is 7.09. The van der Waals surface area contributed by atoms with Crippen LogP contribution in [0.25, 0.3) is 10.6 Å². The number of nitrogens with zero attached hydrogens (tertiary/aromatic N) is 1. The normalized spacial score (nSPS) is 21.1. The molecule has 23 heavy (non-hydrogen) atoms. The first-order chi connectivity index (χ1) is 11.2. The maximum atomic E-state index is 11.6. The lowest BCUT2D eigenvalue weighted by Crippen LogP contribution is -3.11. The summed E-state index contributed by atoms with van der Waals surface area (Å²) in [6, 6.07) is 8.51. The first-order valence-corrected chi connectivity index (χ1v) is 8.96. The number of hydrogen-bond donors (Lipinski definition) is 1. The van der Waals surface area contributed by atoms with E-state index in [-0.39, 0.29) is 11.9 Å². The Morgan fingerprint density at radius 1 is 1.30 bits per heavy atom. The molecule has 0 spiro atoms. The van der Waals surface area contributed by atoms with Crippen LogP contribution in [-0.4, -0.2) is 31.2 Å². The van der Waals surface area contributed by atoms with Gasteiger partial charge in [-0.2, -0.15) is 0 Å². The van der Waals surface area contributed by atoms with Gasteiger partial charge in [0.15, 0.2) is 0 Å². The zero-order valence-electron chi connectivity index (χ0n) is 13.7. The number of hydrogen-bond acceptors (Lipinski definition) is 4. The van der Waals surface area contributed by atoms with Crippen LogP contribution >= 0.6 is 11.3 Å². The quantitative estimate of drug-likeness (QED) is 0.873. The van der Waals surface area contributed by atoms with Gasteiger partial charge in [-0.05, 0) is 6.92 Å². The van der Waals surface area contributed by atoms with Crippen molar-refractivity contribution in [2.24, 2.45) is 5.92 Å². The molecular formula is C18H23N2O2S+. The number of thiazole rings is 1. The number of benzene rings is 1. The fraction of sp³-hybridized carbons (Fsp3) is 0.444. The van der Waals surface area contributed by atoms with Crippen LogP contribution in [0.5, 0.6) is 0 Å². The van der Waals surface area contributed by atoms with Gasteiger partial charge in [0.1, 0.15) is 17.2 Å². The van der Waals surface area contributed by atoms with E-state index in [0.29, 0.717) is 0 Å². The summed E-state index contributed by atoms with van der Waals surface area (Å²) in [5.74, 6) is 0.0293. The highest BCUT2D eigenvalue weighted by Crippen LogP contribution is 2.23. The average molecular weight is 331 g/mol. The largest absolute Gasteiger partial charge is 0.469 e. The SMILES string of the molecule is COC(=O)C1CC[NH+](Cc2csc(-c3ccc(C)cc3)n2)CC1. The van der Waals surface area contributed by atoms with E-state index in [2.05, 4.69) is 36.6 Å². The van der Waals surface area contributed by atoms with Crippen LogP contribution in [0.1, 0.15) is 24.1 Å². The van der Waals surface area contributed by atoms with Crippen molar-refractivity contribution in [3.05, 3.63) is 40.9 Å². The lowest BCUT2D eigenvalue weighted by Gasteiger charge is -2.27. The number of quaternary nitrogens is 1. The van der Waals surface area contributed by atoms with E-state index < -0.39 is 0 Å². The van der Waals surface area contributed by atoms with E-state index in [1.807, 2.05) is 0 Å². The monoisotopic (exact) mass is 331 g/mol. The summed E-state index contributed by atoms with van der Waals surface area (Å²) in [5, 5.41) is 3.25. The topological polar surface area (TPSA) is 43.6 Å². The molecular weight excluding hydrogens is 308 g/mol. The van der Waals surface area contributed by atoms with E-state index in [9.17, 15) is 4.79 Å². The third-order valence-electron chi connectivity index (χ3n) is 4.51. The number of aryl methyl sites for hydroxylation is 1. The molecule has 1 fully saturated rings. The van der Waals surface area contributed by atoms with E-state index in [0.717, 1.165) is 43.2 Å². The van der Waals surface area contributed by atoms with Crippen LogP contribution in [0.4, 0.5) is 0 Å². The van der Waals surface area contributed by atoms with Crippen molar-refractivity contribution in [3.63, 3.8) is 0 Å². The van der Waals surface area contributed by atoms with Gasteiger partial charge in [0.25, 0.3) is 0 Å². The molecule has 1 N–H and O–H groups in total. The maximum absolute atomic E-state index is 11.6. The minimum absolute atomic E-state index is 0.0561. The van der Waals surface area contributed by atoms with E-state index >= 15 is 0 Å². The number of ether oxygens (including phenoxy) is 1. The fourth-order valence-electron chi connectivity index (χ4n) is 3.08. The first-order valence-electron chi connectivity index (χ1n) is 8.08. The summed E-state index contributed by atoms with van der Waals surface area (Å²) in [4.78, 5) is 17.9. The summed E-state index contributed by atoms with van der Waals surface area (Å²) >= 11 is 1.71. The van der Waals surface area contributed by atoms with Crippen LogP contribution < -0.4 is 4.90 Å². The Hall–Kier alpha value is -1.72. The van der Waals surface area contributed by atoms with Gasteiger partial charge in [0.2, 0.25) is 0 Å². The highest BCUT2D eigenvalue weighted by atomic mass is 32.1. The second kappa shape index (κ2) is 7.23. The third kappa shape index (κ3) is 3.98. The number of nitrogens with one attached hydrogen (secondary N) is 1. The number of rotatable bonds is 4. The Morgan fingerprint density at radius 2 is 2.00 bits per heavy atom. The number of likely N-dealkylation sites (tertiary alicyclic amines) is 1. The molecule has 1 aliphatic rings. The van der Waals surface area contributed by atoms with E-state index in [1.54, 1.807) is 11.3 Å². The minimum Gasteiger partial charge on any atom is -0.469 e. The van der Waals surface area contributed by atoms with Crippen LogP contribution in [0.3, 0.4) is 0 Å². The molecule has 0 aliphatic carbocycles. The van der Waals surface area contributed by atoms with Crippen molar-refractivity contribution in [2.45, 2.75) is 26.3 Å². The number of carbonyl (C=O) groups excluding carboxylic acids is 1. The molecule has 0 unspecified atom stereocenters. The van der Waals surface area contributed by atoms with Crippen molar-refractivity contribution in [3.8, 4) is 10.6 Å². The van der Waals surface area contributed by atoms with Crippen molar-refractivity contribution in [1.82, 2.24) is 4.98 Å². The number of carbonyl (C=O) groups is 1. The highest BCUT2D eigenvalue weighted by Gasteiger charge is 2.28. The molecule has 122 valence electrons. The molecule has 0 saturated carbocycles. The van der Waals surface area contributed by atoms with Gasteiger partial charge < -0.3 is 9.64 Å². The Kier molecular flexibility index (Phi) is 5.08. The van der Waals surface area contributed by atoms with Crippen LogP contribution in [-0.2, 0) is 16.1 Å². The van der Waals surface area contributed by atoms with Crippen LogP contribution in [0.15, 0.2) is 29.6 Å². The molecule has 0 bridgehead atoms. The maximum Gasteiger partial charge on any atom is 0.309 e. The van der Waals surface area contributed by atoms with Gasteiger partial charge in [-0.3, -0.25) is 4.79 Å². The van der Waals surface area contributed by atoms with Crippen molar-refractivity contribution < 1.29 is 14.4 Å². The Labute approximate surface area is 141 Å². The predicted octanol–water partition coefficient (Wildman–Crippen LogP) is 2.09. The van der Waals surface area contributed by atoms with Crippen molar-refractivity contribution >= 4 is 17.3 Å². The Morgan fingerprint density at radius 3 is 2.65 bits per heavy atom. The smallest absolute Gasteiger partial charge is 0.309 e. The zero-order chi connectivity index (χ0) is 16.2. The molecule has 0 amide bonds. The Bertz CT molecular complexity index is 658. The van der Waals surface area contributed by atoms with E-state index in [4.69, 9.17) is 9.72 Å². The molecule has 1 aromatic heterocycles. The summed E-state index contributed by atoms with van der Waals surface area (Å²) < 4.78 is 4.85. The zero-order valence-corrected chi connectivity index (χ0v) is 14.5. The van der Waals surface area contributed by atoms with Crippen LogP contribution in [0, 0.1) is 12.8 Å². The average Bonchev–Trinajstić information content (AvgIpc) is 3.04. The van der Waals surface area contributed by atoms with Gasteiger partial charge in [-0.1, -0.05) is 29.8 Å². The van der Waals surface area contributed by atoms with Crippen molar-refractivity contribution in [1.29, 1.82) is 0 Å². The van der Waals surface area contributed by atoms with Gasteiger partial charge in [0.05, 0.1) is 26.1 Å².